The Kier molecular flexibility index (Phi) is 7.27. The molecule has 0 radical (unpaired) electrons. The van der Waals surface area contributed by atoms with E-state index in [4.69, 9.17) is 16.3 Å². The highest BCUT2D eigenvalue weighted by Gasteiger charge is 2.22. The summed E-state index contributed by atoms with van der Waals surface area (Å²) in [7, 11) is 0. The summed E-state index contributed by atoms with van der Waals surface area (Å²) in [6.45, 7) is 5.18. The molecule has 0 aliphatic carbocycles. The van der Waals surface area contributed by atoms with Gasteiger partial charge in [0.25, 0.3) is 0 Å². The first-order chi connectivity index (χ1) is 15.9. The van der Waals surface area contributed by atoms with E-state index in [9.17, 15) is 9.90 Å². The van der Waals surface area contributed by atoms with Crippen molar-refractivity contribution in [3.05, 3.63) is 58.4 Å². The van der Waals surface area contributed by atoms with Gasteiger partial charge in [-0.25, -0.2) is 10.4 Å². The lowest BCUT2D eigenvalue weighted by molar-refractivity contribution is -0.121. The van der Waals surface area contributed by atoms with Crippen LogP contribution in [-0.2, 0) is 11.2 Å². The minimum atomic E-state index is -0.654. The van der Waals surface area contributed by atoms with E-state index >= 15 is 0 Å². The molecule has 1 aliphatic heterocycles. The summed E-state index contributed by atoms with van der Waals surface area (Å²) in [6.07, 6.45) is 0.471. The number of nitrogens with one attached hydrogen (secondary N) is 3. The van der Waals surface area contributed by atoms with Gasteiger partial charge in [-0.1, -0.05) is 30.7 Å². The van der Waals surface area contributed by atoms with Gasteiger partial charge in [-0.05, 0) is 36.8 Å². The number of ether oxygens (including phenoxy) is 1. The van der Waals surface area contributed by atoms with Crippen LogP contribution in [-0.4, -0.2) is 52.5 Å². The van der Waals surface area contributed by atoms with Crippen LogP contribution in [0.2, 0.25) is 5.02 Å². The first-order valence-corrected chi connectivity index (χ1v) is 11.4. The Bertz CT molecular complexity index is 1180. The first kappa shape index (κ1) is 23.2. The number of rotatable bonds is 9. The number of aliphatic hydroxyl groups excluding tert-OH is 1. The number of nitrogens with zero attached hydrogens (tertiary/aromatic N) is 2. The van der Waals surface area contributed by atoms with Gasteiger partial charge in [0, 0.05) is 37.4 Å². The van der Waals surface area contributed by atoms with Crippen molar-refractivity contribution >= 4 is 34.3 Å². The van der Waals surface area contributed by atoms with E-state index in [0.29, 0.717) is 36.7 Å². The van der Waals surface area contributed by atoms with E-state index in [1.54, 1.807) is 6.07 Å². The monoisotopic (exact) mass is 469 g/mol. The summed E-state index contributed by atoms with van der Waals surface area (Å²) in [6, 6.07) is 11.5. The molecule has 2 atom stereocenters. The predicted octanol–water partition coefficient (Wildman–Crippen LogP) is 2.96. The highest BCUT2D eigenvalue weighted by Crippen LogP contribution is 2.25. The van der Waals surface area contributed by atoms with Crippen LogP contribution in [0.4, 0.5) is 0 Å². The number of halogens is 1. The van der Waals surface area contributed by atoms with Gasteiger partial charge in [-0.3, -0.25) is 4.79 Å². The summed E-state index contributed by atoms with van der Waals surface area (Å²) in [5.41, 5.74) is 7.26. The minimum absolute atomic E-state index is 0.0562. The number of fused-ring (bicyclic) bond motifs is 1. The van der Waals surface area contributed by atoms with Crippen molar-refractivity contribution in [2.45, 2.75) is 32.8 Å². The Hall–Kier alpha value is -2.94. The Morgan fingerprint density at radius 2 is 2.15 bits per heavy atom. The van der Waals surface area contributed by atoms with Gasteiger partial charge in [0.1, 0.15) is 24.3 Å². The lowest BCUT2D eigenvalue weighted by Gasteiger charge is -2.18. The van der Waals surface area contributed by atoms with Gasteiger partial charge in [0.15, 0.2) is 0 Å². The molecule has 2 aromatic carbocycles. The van der Waals surface area contributed by atoms with Crippen molar-refractivity contribution in [2.24, 2.45) is 11.0 Å². The third kappa shape index (κ3) is 5.90. The molecule has 0 spiro atoms. The van der Waals surface area contributed by atoms with Crippen molar-refractivity contribution in [2.75, 3.05) is 19.7 Å². The second kappa shape index (κ2) is 10.3. The molecule has 3 aromatic rings. The van der Waals surface area contributed by atoms with Crippen LogP contribution in [0.1, 0.15) is 30.3 Å². The molecule has 0 bridgehead atoms. The molecule has 33 heavy (non-hydrogen) atoms. The molecular formula is C24H28ClN5O3. The molecule has 4 rings (SSSR count). The van der Waals surface area contributed by atoms with Gasteiger partial charge in [0.05, 0.1) is 21.8 Å². The lowest BCUT2D eigenvalue weighted by atomic mass is 9.94. The van der Waals surface area contributed by atoms with Crippen LogP contribution in [0.15, 0.2) is 41.5 Å². The molecule has 8 nitrogen and oxygen atoms in total. The molecule has 2 unspecified atom stereocenters. The molecule has 9 heteroatoms. The van der Waals surface area contributed by atoms with Crippen molar-refractivity contribution in [1.82, 2.24) is 20.7 Å². The number of imidazole rings is 1. The van der Waals surface area contributed by atoms with Gasteiger partial charge < -0.3 is 20.1 Å². The Morgan fingerprint density at radius 1 is 1.30 bits per heavy atom. The van der Waals surface area contributed by atoms with Crippen LogP contribution < -0.4 is 15.5 Å². The molecular weight excluding hydrogens is 442 g/mol. The van der Waals surface area contributed by atoms with Crippen molar-refractivity contribution in [3.8, 4) is 5.75 Å². The van der Waals surface area contributed by atoms with E-state index in [0.717, 1.165) is 33.7 Å². The lowest BCUT2D eigenvalue weighted by Crippen LogP contribution is -2.32. The molecule has 1 aliphatic rings. The number of aromatic nitrogens is 2. The Morgan fingerprint density at radius 3 is 2.97 bits per heavy atom. The molecule has 4 N–H and O–H groups in total. The number of carbonyl (C=O) groups excluding carboxylic acids is 1. The second-order valence-electron chi connectivity index (χ2n) is 8.41. The van der Waals surface area contributed by atoms with Crippen LogP contribution in [0, 0.1) is 12.8 Å². The summed E-state index contributed by atoms with van der Waals surface area (Å²) < 4.78 is 5.64. The maximum Gasteiger partial charge on any atom is 0.240 e. The second-order valence-corrected chi connectivity index (χ2v) is 8.81. The molecule has 0 fully saturated rings. The quantitative estimate of drug-likeness (QED) is 0.360. The maximum atomic E-state index is 11.5. The molecule has 2 heterocycles. The number of hydrogen-bond donors (Lipinski definition) is 4. The predicted molar refractivity (Wildman–Crippen MR) is 129 cm³/mol. The van der Waals surface area contributed by atoms with Crippen molar-refractivity contribution in [3.63, 3.8) is 0 Å². The number of aliphatic hydroxyl groups is 1. The number of carbonyl (C=O) groups is 1. The number of hydrazone groups is 1. The first-order valence-electron chi connectivity index (χ1n) is 11.0. The zero-order valence-electron chi connectivity index (χ0n) is 18.7. The highest BCUT2D eigenvalue weighted by molar-refractivity contribution is 6.32. The van der Waals surface area contributed by atoms with E-state index in [1.807, 2.05) is 44.2 Å². The fourth-order valence-corrected chi connectivity index (χ4v) is 3.96. The van der Waals surface area contributed by atoms with E-state index in [1.165, 1.54) is 0 Å². The number of hydrogen-bond acceptors (Lipinski definition) is 6. The number of amides is 1. The highest BCUT2D eigenvalue weighted by atomic mass is 35.5. The number of aryl methyl sites for hydroxylation is 1. The standard InChI is InChI=1S/C24H28ClN5O3/c1-14-3-5-18(25)21(9-14)33-13-17(31)12-26-8-7-22-27-19-6-4-16(11-20(19)28-22)24-15(2)10-23(32)29-30-24/h3-6,9,11,15,17,26,31H,7-8,10,12-13H2,1-2H3,(H,27,28)(H,29,32). The van der Waals surface area contributed by atoms with E-state index in [2.05, 4.69) is 25.8 Å². The van der Waals surface area contributed by atoms with Crippen molar-refractivity contribution in [1.29, 1.82) is 0 Å². The molecule has 174 valence electrons. The zero-order valence-corrected chi connectivity index (χ0v) is 19.4. The Balaban J connectivity index is 1.26. The smallest absolute Gasteiger partial charge is 0.240 e. The van der Waals surface area contributed by atoms with Gasteiger partial charge in [-0.2, -0.15) is 5.10 Å². The fourth-order valence-electron chi connectivity index (χ4n) is 3.78. The topological polar surface area (TPSA) is 112 Å². The van der Waals surface area contributed by atoms with Gasteiger partial charge >= 0.3 is 0 Å². The average Bonchev–Trinajstić information content (AvgIpc) is 3.19. The van der Waals surface area contributed by atoms with Crippen LogP contribution in [0.3, 0.4) is 0 Å². The van der Waals surface area contributed by atoms with E-state index < -0.39 is 6.10 Å². The fraction of sp³-hybridized carbons (Fsp3) is 0.375. The summed E-state index contributed by atoms with van der Waals surface area (Å²) in [4.78, 5) is 19.5. The molecule has 1 amide bonds. The van der Waals surface area contributed by atoms with Crippen LogP contribution >= 0.6 is 11.6 Å². The largest absolute Gasteiger partial charge is 0.489 e. The van der Waals surface area contributed by atoms with Crippen LogP contribution in [0.5, 0.6) is 5.75 Å². The molecule has 1 aromatic heterocycles. The number of aromatic amines is 1. The van der Waals surface area contributed by atoms with Gasteiger partial charge in [-0.15, -0.1) is 0 Å². The third-order valence-corrected chi connectivity index (χ3v) is 5.83. The van der Waals surface area contributed by atoms with Crippen LogP contribution in [0.25, 0.3) is 11.0 Å². The van der Waals surface area contributed by atoms with Gasteiger partial charge in [0.2, 0.25) is 5.91 Å². The van der Waals surface area contributed by atoms with E-state index in [-0.39, 0.29) is 18.4 Å². The summed E-state index contributed by atoms with van der Waals surface area (Å²) >= 11 is 6.12. The normalized spacial score (nSPS) is 17.0. The maximum absolute atomic E-state index is 11.5. The number of H-pyrrole nitrogens is 1. The molecule has 0 saturated heterocycles. The zero-order chi connectivity index (χ0) is 23.4. The Labute approximate surface area is 197 Å². The summed E-state index contributed by atoms with van der Waals surface area (Å²) in [5, 5.41) is 18.2. The van der Waals surface area contributed by atoms with Crippen molar-refractivity contribution < 1.29 is 14.6 Å². The minimum Gasteiger partial charge on any atom is -0.489 e. The number of benzene rings is 2. The average molecular weight is 470 g/mol. The molecule has 0 saturated carbocycles. The SMILES string of the molecule is Cc1ccc(Cl)c(OCC(O)CNCCc2nc3ccc(C4=NNC(=O)CC4C)cc3[nH]2)c1. The third-order valence-electron chi connectivity index (χ3n) is 5.52. The summed E-state index contributed by atoms with van der Waals surface area (Å²) in [5.74, 6) is 1.45.